The standard InChI is InChI=1S/C19H28N4O2.ClH/c1-20-18(13-15-14-22-17-6-3-2-5-16(15)17)19(24)21-7-4-8-23-9-11-25-12-10-23;/h2-3,5-6,14,18,20,22H,4,7-13H2,1H3,(H,21,24);1H/t18-;/m0./s1. The highest BCUT2D eigenvalue weighted by molar-refractivity contribution is 5.85. The van der Waals surface area contributed by atoms with E-state index in [0.29, 0.717) is 0 Å². The molecule has 0 saturated carbocycles. The van der Waals surface area contributed by atoms with E-state index in [-0.39, 0.29) is 24.4 Å². The molecule has 3 rings (SSSR count). The van der Waals surface area contributed by atoms with Gasteiger partial charge < -0.3 is 32.8 Å². The second-order valence-corrected chi connectivity index (χ2v) is 6.60. The van der Waals surface area contributed by atoms with Crippen LogP contribution in [0.3, 0.4) is 0 Å². The van der Waals surface area contributed by atoms with Gasteiger partial charge in [-0.3, -0.25) is 9.69 Å². The molecule has 1 aliphatic rings. The average Bonchev–Trinajstić information content (AvgIpc) is 3.07. The number of hydrogen-bond acceptors (Lipinski definition) is 3. The average molecular weight is 381 g/mol. The van der Waals surface area contributed by atoms with Crippen molar-refractivity contribution in [2.24, 2.45) is 0 Å². The Hall–Kier alpha value is -1.60. The number of para-hydroxylation sites is 1. The van der Waals surface area contributed by atoms with Crippen LogP contribution in [-0.2, 0) is 16.0 Å². The molecular weight excluding hydrogens is 352 g/mol. The van der Waals surface area contributed by atoms with Gasteiger partial charge in [-0.05, 0) is 24.6 Å². The van der Waals surface area contributed by atoms with E-state index < -0.39 is 0 Å². The molecule has 144 valence electrons. The first kappa shape index (κ1) is 20.7. The maximum Gasteiger partial charge on any atom is 0.278 e. The Morgan fingerprint density at radius 3 is 2.88 bits per heavy atom. The Bertz CT molecular complexity index is 685. The first-order valence-corrected chi connectivity index (χ1v) is 9.20. The number of aromatic nitrogens is 1. The summed E-state index contributed by atoms with van der Waals surface area (Å²) in [6.45, 7) is 5.40. The summed E-state index contributed by atoms with van der Waals surface area (Å²) in [6, 6.07) is 8.13. The normalized spacial score (nSPS) is 16.2. The number of nitrogens with two attached hydrogens (primary N) is 1. The number of morpholine rings is 1. The Kier molecular flexibility index (Phi) is 8.38. The maximum absolute atomic E-state index is 12.5. The summed E-state index contributed by atoms with van der Waals surface area (Å²) >= 11 is 0. The molecule has 1 fully saturated rings. The largest absolute Gasteiger partial charge is 1.00 e. The first-order valence-electron chi connectivity index (χ1n) is 9.20. The van der Waals surface area contributed by atoms with Gasteiger partial charge in [0.25, 0.3) is 5.91 Å². The summed E-state index contributed by atoms with van der Waals surface area (Å²) in [4.78, 5) is 18.2. The predicted molar refractivity (Wildman–Crippen MR) is 98.5 cm³/mol. The molecule has 7 heteroatoms. The highest BCUT2D eigenvalue weighted by atomic mass is 35.5. The van der Waals surface area contributed by atoms with Gasteiger partial charge in [0.05, 0.1) is 20.3 Å². The van der Waals surface area contributed by atoms with Crippen LogP contribution < -0.4 is 23.0 Å². The van der Waals surface area contributed by atoms with Gasteiger partial charge >= 0.3 is 0 Å². The van der Waals surface area contributed by atoms with Gasteiger partial charge in [-0.2, -0.15) is 0 Å². The van der Waals surface area contributed by atoms with E-state index in [1.165, 1.54) is 10.9 Å². The van der Waals surface area contributed by atoms with Crippen molar-refractivity contribution in [2.75, 3.05) is 46.4 Å². The molecule has 1 aromatic carbocycles. The highest BCUT2D eigenvalue weighted by Crippen LogP contribution is 2.18. The van der Waals surface area contributed by atoms with Crippen LogP contribution in [0.2, 0.25) is 0 Å². The predicted octanol–water partition coefficient (Wildman–Crippen LogP) is -2.89. The van der Waals surface area contributed by atoms with E-state index in [9.17, 15) is 4.79 Å². The number of aromatic amines is 1. The number of nitrogens with one attached hydrogen (secondary N) is 2. The summed E-state index contributed by atoms with van der Waals surface area (Å²) < 4.78 is 5.35. The molecule has 1 aliphatic heterocycles. The quantitative estimate of drug-likeness (QED) is 0.431. The summed E-state index contributed by atoms with van der Waals surface area (Å²) in [6.07, 6.45) is 3.73. The molecule has 6 nitrogen and oxygen atoms in total. The minimum Gasteiger partial charge on any atom is -1.00 e. The monoisotopic (exact) mass is 380 g/mol. The van der Waals surface area contributed by atoms with Crippen molar-refractivity contribution in [3.63, 3.8) is 0 Å². The molecule has 0 bridgehead atoms. The molecule has 2 aromatic rings. The second-order valence-electron chi connectivity index (χ2n) is 6.60. The second kappa shape index (κ2) is 10.5. The van der Waals surface area contributed by atoms with Crippen molar-refractivity contribution in [1.29, 1.82) is 0 Å². The number of quaternary nitrogens is 1. The molecule has 0 aliphatic carbocycles. The zero-order chi connectivity index (χ0) is 17.5. The summed E-state index contributed by atoms with van der Waals surface area (Å²) in [5.41, 5.74) is 2.32. The minimum absolute atomic E-state index is 0. The number of carbonyl (C=O) groups excluding carboxylic acids is 1. The smallest absolute Gasteiger partial charge is 0.278 e. The van der Waals surface area contributed by atoms with Crippen LogP contribution >= 0.6 is 0 Å². The van der Waals surface area contributed by atoms with Crippen molar-refractivity contribution in [1.82, 2.24) is 15.2 Å². The van der Waals surface area contributed by atoms with Crippen LogP contribution in [0.5, 0.6) is 0 Å². The fraction of sp³-hybridized carbons (Fsp3) is 0.526. The summed E-state index contributed by atoms with van der Waals surface area (Å²) in [7, 11) is 1.97. The molecule has 0 unspecified atom stereocenters. The van der Waals surface area contributed by atoms with Gasteiger partial charge in [0, 0.05) is 43.2 Å². The van der Waals surface area contributed by atoms with Gasteiger partial charge in [0.15, 0.2) is 6.04 Å². The molecule has 2 heterocycles. The number of likely N-dealkylation sites (N-methyl/N-ethyl adjacent to an activating group) is 1. The highest BCUT2D eigenvalue weighted by Gasteiger charge is 2.21. The number of halogens is 1. The SMILES string of the molecule is C[NH2+][C@@H](Cc1c[nH]c2ccccc12)C(=O)NCCCN1CCOCC1.[Cl-]. The third kappa shape index (κ3) is 5.45. The maximum atomic E-state index is 12.5. The number of hydrogen-bond donors (Lipinski definition) is 3. The Balaban J connectivity index is 0.00000243. The van der Waals surface area contributed by atoms with E-state index in [2.05, 4.69) is 27.3 Å². The number of rotatable bonds is 8. The number of H-pyrrole nitrogens is 1. The number of carbonyl (C=O) groups is 1. The van der Waals surface area contributed by atoms with E-state index in [1.807, 2.05) is 30.7 Å². The van der Waals surface area contributed by atoms with Crippen LogP contribution in [0.4, 0.5) is 0 Å². The Morgan fingerprint density at radius 2 is 2.12 bits per heavy atom. The summed E-state index contributed by atoms with van der Waals surface area (Å²) in [5, 5.41) is 6.30. The molecule has 4 N–H and O–H groups in total. The van der Waals surface area contributed by atoms with Crippen molar-refractivity contribution in [3.05, 3.63) is 36.0 Å². The Labute approximate surface area is 161 Å². The number of ether oxygens (including phenoxy) is 1. The number of fused-ring (bicyclic) bond motifs is 1. The van der Waals surface area contributed by atoms with Gasteiger partial charge in [0.1, 0.15) is 0 Å². The molecular formula is C19H29ClN4O2. The van der Waals surface area contributed by atoms with Crippen molar-refractivity contribution < 1.29 is 27.3 Å². The van der Waals surface area contributed by atoms with Crippen molar-refractivity contribution >= 4 is 16.8 Å². The van der Waals surface area contributed by atoms with Gasteiger partial charge in [-0.15, -0.1) is 0 Å². The van der Waals surface area contributed by atoms with Gasteiger partial charge in [0.2, 0.25) is 0 Å². The van der Waals surface area contributed by atoms with Crippen LogP contribution in [0, 0.1) is 0 Å². The number of nitrogens with zero attached hydrogens (tertiary/aromatic N) is 1. The summed E-state index contributed by atoms with van der Waals surface area (Å²) in [5.74, 6) is 0.120. The third-order valence-electron chi connectivity index (χ3n) is 4.91. The van der Waals surface area contributed by atoms with E-state index >= 15 is 0 Å². The lowest BCUT2D eigenvalue weighted by atomic mass is 10.0. The van der Waals surface area contributed by atoms with Crippen LogP contribution in [0.15, 0.2) is 30.5 Å². The topological polar surface area (TPSA) is 74.0 Å². The van der Waals surface area contributed by atoms with Crippen LogP contribution in [-0.4, -0.2) is 68.3 Å². The van der Waals surface area contributed by atoms with Gasteiger partial charge in [-0.25, -0.2) is 0 Å². The van der Waals surface area contributed by atoms with Crippen molar-refractivity contribution in [2.45, 2.75) is 18.9 Å². The fourth-order valence-electron chi connectivity index (χ4n) is 3.37. The molecule has 26 heavy (non-hydrogen) atoms. The van der Waals surface area contributed by atoms with E-state index in [4.69, 9.17) is 4.74 Å². The zero-order valence-corrected chi connectivity index (χ0v) is 16.1. The van der Waals surface area contributed by atoms with Crippen molar-refractivity contribution in [3.8, 4) is 0 Å². The minimum atomic E-state index is -0.0948. The molecule has 1 amide bonds. The molecule has 1 saturated heterocycles. The number of amides is 1. The van der Waals surface area contributed by atoms with E-state index in [1.54, 1.807) is 0 Å². The lowest BCUT2D eigenvalue weighted by Gasteiger charge is -2.26. The van der Waals surface area contributed by atoms with E-state index in [0.717, 1.165) is 57.8 Å². The first-order chi connectivity index (χ1) is 12.3. The molecule has 1 aromatic heterocycles. The number of benzene rings is 1. The van der Waals surface area contributed by atoms with Gasteiger partial charge in [-0.1, -0.05) is 18.2 Å². The fourth-order valence-corrected chi connectivity index (χ4v) is 3.37. The van der Waals surface area contributed by atoms with Crippen LogP contribution in [0.25, 0.3) is 10.9 Å². The zero-order valence-electron chi connectivity index (χ0n) is 15.3. The Morgan fingerprint density at radius 1 is 1.35 bits per heavy atom. The lowest BCUT2D eigenvalue weighted by Crippen LogP contribution is -3.00. The molecule has 0 spiro atoms. The van der Waals surface area contributed by atoms with Crippen LogP contribution in [0.1, 0.15) is 12.0 Å². The third-order valence-corrected chi connectivity index (χ3v) is 4.91. The lowest BCUT2D eigenvalue weighted by molar-refractivity contribution is -0.649. The molecule has 1 atom stereocenters. The molecule has 0 radical (unpaired) electrons.